The van der Waals surface area contributed by atoms with E-state index in [2.05, 4.69) is 0 Å². The van der Waals surface area contributed by atoms with Gasteiger partial charge in [-0.15, -0.1) is 0 Å². The zero-order chi connectivity index (χ0) is 17.4. The summed E-state index contributed by atoms with van der Waals surface area (Å²) in [5.41, 5.74) is -1.27. The van der Waals surface area contributed by atoms with Crippen molar-refractivity contribution < 1.29 is 19.8 Å². The molecule has 0 unspecified atom stereocenters. The lowest BCUT2D eigenvalue weighted by atomic mass is 9.76. The molecule has 130 valence electrons. The summed E-state index contributed by atoms with van der Waals surface area (Å²) in [4.78, 5) is 26.1. The lowest BCUT2D eigenvalue weighted by Gasteiger charge is -2.40. The summed E-state index contributed by atoms with van der Waals surface area (Å²) in [6, 6.07) is 7.46. The van der Waals surface area contributed by atoms with Crippen molar-refractivity contribution >= 4 is 23.5 Å². The standard InChI is InChI=1S/C18H22ClNO4/c19-14-5-3-13(4-6-14)17(7-1-2-8-17)15(21)20-11-9-18(24,10-12-20)16(22)23/h3-6,24H,1-2,7-12H2,(H,22,23). The number of aliphatic carboxylic acids is 1. The van der Waals surface area contributed by atoms with E-state index in [-0.39, 0.29) is 31.8 Å². The first-order valence-corrected chi connectivity index (χ1v) is 8.76. The lowest BCUT2D eigenvalue weighted by Crippen LogP contribution is -2.54. The third-order valence-electron chi connectivity index (χ3n) is 5.54. The Labute approximate surface area is 146 Å². The smallest absolute Gasteiger partial charge is 0.335 e. The zero-order valence-corrected chi connectivity index (χ0v) is 14.3. The minimum atomic E-state index is -1.71. The summed E-state index contributed by atoms with van der Waals surface area (Å²) in [6.07, 6.45) is 3.75. The van der Waals surface area contributed by atoms with Crippen LogP contribution in [0.5, 0.6) is 0 Å². The van der Waals surface area contributed by atoms with Crippen LogP contribution in [0.2, 0.25) is 5.02 Å². The summed E-state index contributed by atoms with van der Waals surface area (Å²) in [6.45, 7) is 0.550. The molecule has 0 radical (unpaired) electrons. The van der Waals surface area contributed by atoms with Gasteiger partial charge in [0.25, 0.3) is 0 Å². The van der Waals surface area contributed by atoms with Gasteiger partial charge in [0.05, 0.1) is 5.41 Å². The fraction of sp³-hybridized carbons (Fsp3) is 0.556. The van der Waals surface area contributed by atoms with Crippen LogP contribution in [0.15, 0.2) is 24.3 Å². The Kier molecular flexibility index (Phi) is 4.58. The molecule has 6 heteroatoms. The van der Waals surface area contributed by atoms with E-state index in [0.29, 0.717) is 5.02 Å². The van der Waals surface area contributed by atoms with Gasteiger partial charge in [0.1, 0.15) is 0 Å². The Morgan fingerprint density at radius 3 is 2.04 bits per heavy atom. The molecule has 5 nitrogen and oxygen atoms in total. The molecule has 1 amide bonds. The first-order valence-electron chi connectivity index (χ1n) is 8.39. The van der Waals surface area contributed by atoms with Gasteiger partial charge in [-0.1, -0.05) is 36.6 Å². The number of likely N-dealkylation sites (tertiary alicyclic amines) is 1. The highest BCUT2D eigenvalue weighted by Gasteiger charge is 2.48. The number of benzene rings is 1. The number of aliphatic hydroxyl groups is 1. The summed E-state index contributed by atoms with van der Waals surface area (Å²) < 4.78 is 0. The molecule has 0 spiro atoms. The maximum absolute atomic E-state index is 13.3. The molecular formula is C18H22ClNO4. The van der Waals surface area contributed by atoms with Crippen LogP contribution < -0.4 is 0 Å². The van der Waals surface area contributed by atoms with Gasteiger partial charge in [-0.05, 0) is 30.5 Å². The number of amides is 1. The maximum Gasteiger partial charge on any atom is 0.335 e. The Bertz CT molecular complexity index is 629. The normalized spacial score (nSPS) is 22.3. The number of piperidine rings is 1. The fourth-order valence-corrected chi connectivity index (χ4v) is 4.10. The molecule has 0 bridgehead atoms. The Morgan fingerprint density at radius 2 is 1.54 bits per heavy atom. The molecule has 1 aliphatic carbocycles. The number of carbonyl (C=O) groups excluding carboxylic acids is 1. The molecular weight excluding hydrogens is 330 g/mol. The van der Waals surface area contributed by atoms with E-state index in [4.69, 9.17) is 16.7 Å². The average molecular weight is 352 g/mol. The van der Waals surface area contributed by atoms with Crippen LogP contribution in [-0.4, -0.2) is 45.7 Å². The van der Waals surface area contributed by atoms with Gasteiger partial charge in [0.2, 0.25) is 5.91 Å². The Balaban J connectivity index is 1.81. The monoisotopic (exact) mass is 351 g/mol. The number of carboxylic acid groups (broad SMARTS) is 1. The van der Waals surface area contributed by atoms with Gasteiger partial charge in [-0.25, -0.2) is 4.79 Å². The van der Waals surface area contributed by atoms with E-state index < -0.39 is 17.0 Å². The van der Waals surface area contributed by atoms with Gasteiger partial charge in [-0.3, -0.25) is 4.79 Å². The number of hydrogen-bond acceptors (Lipinski definition) is 3. The summed E-state index contributed by atoms with van der Waals surface area (Å²) in [5, 5.41) is 19.8. The van der Waals surface area contributed by atoms with Crippen LogP contribution in [0.4, 0.5) is 0 Å². The number of nitrogens with zero attached hydrogens (tertiary/aromatic N) is 1. The highest BCUT2D eigenvalue weighted by Crippen LogP contribution is 2.43. The second kappa shape index (κ2) is 6.37. The molecule has 24 heavy (non-hydrogen) atoms. The SMILES string of the molecule is O=C(O)C1(O)CCN(C(=O)C2(c3ccc(Cl)cc3)CCCC2)CC1. The first-order chi connectivity index (χ1) is 11.4. The highest BCUT2D eigenvalue weighted by molar-refractivity contribution is 6.30. The molecule has 0 atom stereocenters. The number of carboxylic acids is 1. The topological polar surface area (TPSA) is 77.8 Å². The average Bonchev–Trinajstić information content (AvgIpc) is 3.06. The maximum atomic E-state index is 13.3. The lowest BCUT2D eigenvalue weighted by molar-refractivity contribution is -0.166. The quantitative estimate of drug-likeness (QED) is 0.877. The largest absolute Gasteiger partial charge is 0.479 e. The van der Waals surface area contributed by atoms with E-state index in [0.717, 1.165) is 31.2 Å². The molecule has 2 N–H and O–H groups in total. The number of halogens is 1. The first kappa shape index (κ1) is 17.2. The predicted molar refractivity (Wildman–Crippen MR) is 90.0 cm³/mol. The minimum absolute atomic E-state index is 0.0507. The van der Waals surface area contributed by atoms with Crippen molar-refractivity contribution in [3.63, 3.8) is 0 Å². The molecule has 0 aromatic heterocycles. The van der Waals surface area contributed by atoms with Crippen molar-refractivity contribution in [3.8, 4) is 0 Å². The van der Waals surface area contributed by atoms with Crippen molar-refractivity contribution in [2.24, 2.45) is 0 Å². The molecule has 2 fully saturated rings. The Morgan fingerprint density at radius 1 is 1.00 bits per heavy atom. The van der Waals surface area contributed by atoms with Gasteiger partial charge >= 0.3 is 5.97 Å². The predicted octanol–water partition coefficient (Wildman–Crippen LogP) is 2.59. The summed E-state index contributed by atoms with van der Waals surface area (Å²) in [5.74, 6) is -1.15. The highest BCUT2D eigenvalue weighted by atomic mass is 35.5. The molecule has 1 aliphatic heterocycles. The van der Waals surface area contributed by atoms with Crippen LogP contribution >= 0.6 is 11.6 Å². The molecule has 1 aromatic rings. The van der Waals surface area contributed by atoms with E-state index >= 15 is 0 Å². The number of hydrogen-bond donors (Lipinski definition) is 2. The second-order valence-corrected chi connectivity index (χ2v) is 7.36. The van der Waals surface area contributed by atoms with Crippen molar-refractivity contribution in [1.82, 2.24) is 4.90 Å². The second-order valence-electron chi connectivity index (χ2n) is 6.93. The minimum Gasteiger partial charge on any atom is -0.479 e. The van der Waals surface area contributed by atoms with Gasteiger partial charge in [0.15, 0.2) is 5.60 Å². The molecule has 2 aliphatic rings. The van der Waals surface area contributed by atoms with Crippen molar-refractivity contribution in [3.05, 3.63) is 34.9 Å². The van der Waals surface area contributed by atoms with Crippen LogP contribution in [0.25, 0.3) is 0 Å². The molecule has 1 aromatic carbocycles. The van der Waals surface area contributed by atoms with Gasteiger partial charge in [0, 0.05) is 31.0 Å². The number of carbonyl (C=O) groups is 2. The van der Waals surface area contributed by atoms with Gasteiger partial charge < -0.3 is 15.1 Å². The molecule has 1 heterocycles. The fourth-order valence-electron chi connectivity index (χ4n) is 3.97. The number of rotatable bonds is 3. The van der Waals surface area contributed by atoms with Crippen molar-refractivity contribution in [2.45, 2.75) is 49.5 Å². The van der Waals surface area contributed by atoms with Crippen molar-refractivity contribution in [2.75, 3.05) is 13.1 Å². The summed E-state index contributed by atoms with van der Waals surface area (Å²) in [7, 11) is 0. The molecule has 1 saturated carbocycles. The van der Waals surface area contributed by atoms with E-state index in [1.807, 2.05) is 24.3 Å². The van der Waals surface area contributed by atoms with Crippen molar-refractivity contribution in [1.29, 1.82) is 0 Å². The van der Waals surface area contributed by atoms with Crippen LogP contribution in [0.3, 0.4) is 0 Å². The van der Waals surface area contributed by atoms with Crippen LogP contribution in [-0.2, 0) is 15.0 Å². The van der Waals surface area contributed by atoms with E-state index in [9.17, 15) is 14.7 Å². The molecule has 1 saturated heterocycles. The van der Waals surface area contributed by atoms with E-state index in [1.165, 1.54) is 0 Å². The third kappa shape index (κ3) is 2.91. The zero-order valence-electron chi connectivity index (χ0n) is 13.5. The van der Waals surface area contributed by atoms with Crippen LogP contribution in [0, 0.1) is 0 Å². The summed E-state index contributed by atoms with van der Waals surface area (Å²) >= 11 is 5.97. The third-order valence-corrected chi connectivity index (χ3v) is 5.79. The van der Waals surface area contributed by atoms with Crippen LogP contribution in [0.1, 0.15) is 44.1 Å². The molecule has 3 rings (SSSR count). The Hall–Kier alpha value is -1.59. The van der Waals surface area contributed by atoms with Gasteiger partial charge in [-0.2, -0.15) is 0 Å². The van der Waals surface area contributed by atoms with E-state index in [1.54, 1.807) is 4.90 Å².